The van der Waals surface area contributed by atoms with Gasteiger partial charge in [-0.1, -0.05) is 0 Å². The van der Waals surface area contributed by atoms with Gasteiger partial charge in [-0.05, 0) is 0 Å². The summed E-state index contributed by atoms with van der Waals surface area (Å²) >= 11 is 0. The number of ketones is 1. The molecule has 1 heterocycles. The predicted molar refractivity (Wildman–Crippen MR) is 38.6 cm³/mol. The van der Waals surface area contributed by atoms with Gasteiger partial charge in [-0.2, -0.15) is 4.98 Å². The second-order valence-corrected chi connectivity index (χ2v) is 1.98. The maximum atomic E-state index is 10.7. The highest BCUT2D eigenvalue weighted by Crippen LogP contribution is 2.03. The smallest absolute Gasteiger partial charge is 0.216 e. The summed E-state index contributed by atoms with van der Waals surface area (Å²) in [5.41, 5.74) is 0. The normalized spacial score (nSPS) is 9.27. The minimum absolute atomic E-state index is 0.163. The molecule has 0 amide bonds. The lowest BCUT2D eigenvalue weighted by Gasteiger charge is -1.97. The average Bonchev–Trinajstić information content (AvgIpc) is 2.05. The van der Waals surface area contributed by atoms with Crippen molar-refractivity contribution in [2.24, 2.45) is 0 Å². The summed E-state index contributed by atoms with van der Waals surface area (Å²) in [7, 11) is 1.49. The zero-order chi connectivity index (χ0) is 8.27. The number of hydrogen-bond donors (Lipinski definition) is 0. The predicted octanol–water partition coefficient (Wildman–Crippen LogP) is 0.688. The van der Waals surface area contributed by atoms with Crippen LogP contribution in [0.4, 0.5) is 0 Å². The second-order valence-electron chi connectivity index (χ2n) is 1.98. The molecule has 0 N–H and O–H groups in total. The van der Waals surface area contributed by atoms with Crippen molar-refractivity contribution in [2.75, 3.05) is 7.11 Å². The largest absolute Gasteiger partial charge is 0.481 e. The molecule has 0 aliphatic carbocycles. The Morgan fingerprint density at radius 2 is 2.36 bits per heavy atom. The molecule has 0 spiro atoms. The number of nitrogens with zero attached hydrogens (tertiary/aromatic N) is 2. The molecule has 1 rings (SSSR count). The topological polar surface area (TPSA) is 52.1 Å². The molecule has 0 bridgehead atoms. The third-order valence-electron chi connectivity index (χ3n) is 1.15. The van der Waals surface area contributed by atoms with E-state index >= 15 is 0 Å². The van der Waals surface area contributed by atoms with Crippen LogP contribution in [0.1, 0.15) is 17.5 Å². The number of methoxy groups -OCH3 is 1. The van der Waals surface area contributed by atoms with Crippen LogP contribution < -0.4 is 4.74 Å². The molecule has 0 aliphatic heterocycles. The SMILES string of the molecule is COc1ccnc(C(C)=O)n1. The first-order valence-corrected chi connectivity index (χ1v) is 3.12. The highest BCUT2D eigenvalue weighted by Gasteiger charge is 2.02. The van der Waals surface area contributed by atoms with Gasteiger partial charge in [-0.15, -0.1) is 0 Å². The standard InChI is InChI=1S/C7H8N2O2/c1-5(10)7-8-4-3-6(9-7)11-2/h3-4H,1-2H3. The van der Waals surface area contributed by atoms with Crippen LogP contribution in [-0.4, -0.2) is 22.9 Å². The highest BCUT2D eigenvalue weighted by molar-refractivity contribution is 5.90. The van der Waals surface area contributed by atoms with E-state index in [9.17, 15) is 4.79 Å². The molecular weight excluding hydrogens is 144 g/mol. The first kappa shape index (κ1) is 7.65. The summed E-state index contributed by atoms with van der Waals surface area (Å²) in [6.07, 6.45) is 1.49. The van der Waals surface area contributed by atoms with Gasteiger partial charge < -0.3 is 4.74 Å². The highest BCUT2D eigenvalue weighted by atomic mass is 16.5. The number of Topliss-reactive ketones (excluding diaryl/α,β-unsaturated/α-hetero) is 1. The molecule has 11 heavy (non-hydrogen) atoms. The summed E-state index contributed by atoms with van der Waals surface area (Å²) in [4.78, 5) is 18.3. The van der Waals surface area contributed by atoms with E-state index in [1.165, 1.54) is 20.2 Å². The van der Waals surface area contributed by atoms with Crippen LogP contribution in [-0.2, 0) is 0 Å². The number of carbonyl (C=O) groups excluding carboxylic acids is 1. The van der Waals surface area contributed by atoms with Crippen molar-refractivity contribution in [3.8, 4) is 5.88 Å². The molecule has 0 atom stereocenters. The fourth-order valence-electron chi connectivity index (χ4n) is 0.625. The van der Waals surface area contributed by atoms with Crippen LogP contribution in [0.5, 0.6) is 5.88 Å². The first-order valence-electron chi connectivity index (χ1n) is 3.12. The molecule has 0 aromatic carbocycles. The average molecular weight is 152 g/mol. The third kappa shape index (κ3) is 1.73. The Kier molecular flexibility index (Phi) is 2.15. The Labute approximate surface area is 64.2 Å². The molecular formula is C7H8N2O2. The van der Waals surface area contributed by atoms with Gasteiger partial charge in [0.25, 0.3) is 0 Å². The summed E-state index contributed by atoms with van der Waals surface area (Å²) in [5.74, 6) is 0.429. The van der Waals surface area contributed by atoms with Crippen LogP contribution in [0.3, 0.4) is 0 Å². The van der Waals surface area contributed by atoms with Crippen LogP contribution in [0, 0.1) is 0 Å². The van der Waals surface area contributed by atoms with Gasteiger partial charge in [0.2, 0.25) is 5.88 Å². The van der Waals surface area contributed by atoms with E-state index in [4.69, 9.17) is 4.74 Å². The minimum atomic E-state index is -0.163. The van der Waals surface area contributed by atoms with Gasteiger partial charge in [-0.3, -0.25) is 4.79 Å². The van der Waals surface area contributed by atoms with Gasteiger partial charge in [0, 0.05) is 19.2 Å². The Hall–Kier alpha value is -1.45. The lowest BCUT2D eigenvalue weighted by molar-refractivity contribution is 0.100. The summed E-state index contributed by atoms with van der Waals surface area (Å²) in [6, 6.07) is 1.59. The van der Waals surface area contributed by atoms with Crippen molar-refractivity contribution in [3.63, 3.8) is 0 Å². The van der Waals surface area contributed by atoms with Gasteiger partial charge in [0.05, 0.1) is 7.11 Å². The monoisotopic (exact) mass is 152 g/mol. The second kappa shape index (κ2) is 3.09. The maximum Gasteiger partial charge on any atom is 0.216 e. The number of ether oxygens (including phenoxy) is 1. The maximum absolute atomic E-state index is 10.7. The molecule has 0 unspecified atom stereocenters. The summed E-state index contributed by atoms with van der Waals surface area (Å²) in [6.45, 7) is 1.41. The van der Waals surface area contributed by atoms with Gasteiger partial charge in [-0.25, -0.2) is 4.98 Å². The van der Waals surface area contributed by atoms with E-state index in [-0.39, 0.29) is 11.6 Å². The van der Waals surface area contributed by atoms with E-state index in [1.807, 2.05) is 0 Å². The lowest BCUT2D eigenvalue weighted by atomic mass is 10.4. The van der Waals surface area contributed by atoms with E-state index in [0.29, 0.717) is 5.88 Å². The van der Waals surface area contributed by atoms with Crippen molar-refractivity contribution < 1.29 is 9.53 Å². The number of aromatic nitrogens is 2. The molecule has 4 nitrogen and oxygen atoms in total. The first-order chi connectivity index (χ1) is 5.24. The van der Waals surface area contributed by atoms with E-state index in [0.717, 1.165) is 0 Å². The molecule has 4 heteroatoms. The van der Waals surface area contributed by atoms with E-state index in [1.54, 1.807) is 6.07 Å². The molecule has 0 radical (unpaired) electrons. The van der Waals surface area contributed by atoms with Crippen LogP contribution in [0.2, 0.25) is 0 Å². The van der Waals surface area contributed by atoms with Crippen LogP contribution >= 0.6 is 0 Å². The van der Waals surface area contributed by atoms with E-state index in [2.05, 4.69) is 9.97 Å². The fraction of sp³-hybridized carbons (Fsp3) is 0.286. The van der Waals surface area contributed by atoms with Gasteiger partial charge in [0.1, 0.15) is 0 Å². The Morgan fingerprint density at radius 3 is 2.91 bits per heavy atom. The summed E-state index contributed by atoms with van der Waals surface area (Å²) < 4.78 is 4.80. The fourth-order valence-corrected chi connectivity index (χ4v) is 0.625. The van der Waals surface area contributed by atoms with Crippen LogP contribution in [0.15, 0.2) is 12.3 Å². The summed E-state index contributed by atoms with van der Waals surface area (Å²) in [5, 5.41) is 0. The number of hydrogen-bond acceptors (Lipinski definition) is 4. The van der Waals surface area contributed by atoms with Gasteiger partial charge in [0.15, 0.2) is 11.6 Å². The van der Waals surface area contributed by atoms with Crippen molar-refractivity contribution in [1.82, 2.24) is 9.97 Å². The van der Waals surface area contributed by atoms with Crippen molar-refractivity contribution in [3.05, 3.63) is 18.1 Å². The van der Waals surface area contributed by atoms with Crippen molar-refractivity contribution >= 4 is 5.78 Å². The molecule has 0 fully saturated rings. The quantitative estimate of drug-likeness (QED) is 0.585. The number of carbonyl (C=O) groups is 1. The van der Waals surface area contributed by atoms with Crippen molar-refractivity contribution in [2.45, 2.75) is 6.92 Å². The molecule has 0 saturated carbocycles. The molecule has 1 aromatic heterocycles. The zero-order valence-electron chi connectivity index (χ0n) is 6.37. The molecule has 58 valence electrons. The van der Waals surface area contributed by atoms with Gasteiger partial charge >= 0.3 is 0 Å². The minimum Gasteiger partial charge on any atom is -0.481 e. The molecule has 0 saturated heterocycles. The Bertz CT molecular complexity index is 273. The van der Waals surface area contributed by atoms with Crippen molar-refractivity contribution in [1.29, 1.82) is 0 Å². The zero-order valence-corrected chi connectivity index (χ0v) is 6.37. The third-order valence-corrected chi connectivity index (χ3v) is 1.15. The molecule has 0 aliphatic rings. The lowest BCUT2D eigenvalue weighted by Crippen LogP contribution is -2.01. The number of rotatable bonds is 2. The Morgan fingerprint density at radius 1 is 1.64 bits per heavy atom. The van der Waals surface area contributed by atoms with Crippen LogP contribution in [0.25, 0.3) is 0 Å². The van der Waals surface area contributed by atoms with E-state index < -0.39 is 0 Å². The Balaban J connectivity index is 3.01. The molecule has 1 aromatic rings.